The molecule has 0 bridgehead atoms. The van der Waals surface area contributed by atoms with E-state index < -0.39 is 35.9 Å². The van der Waals surface area contributed by atoms with Crippen LogP contribution in [0.3, 0.4) is 0 Å². The minimum Gasteiger partial charge on any atom is -0.481 e. The first-order valence-corrected chi connectivity index (χ1v) is 24.3. The molecule has 0 aliphatic carbocycles. The molecule has 0 spiro atoms. The Bertz CT molecular complexity index is 1420. The Hall–Kier alpha value is -4.81. The maximum absolute atomic E-state index is 12.3. The molecule has 0 saturated heterocycles. The SMILES string of the molecule is O=C[C@H](CCC(=O)O)NC(=O)COCCOCCNC(=O)COCCOCCNC(=O)COCCOCCNC(=O)CC[C@H](NC(=O)CCCCCCCCCCCCCCCCC(=O)O)C(=O)O. The molecule has 23 nitrogen and oxygen atoms in total. The van der Waals surface area contributed by atoms with Crippen LogP contribution in [0.15, 0.2) is 0 Å². The number of aliphatic carboxylic acids is 3. The van der Waals surface area contributed by atoms with Gasteiger partial charge >= 0.3 is 17.9 Å². The van der Waals surface area contributed by atoms with Crippen molar-refractivity contribution in [2.75, 3.05) is 98.9 Å². The molecular weight excluding hydrogens is 911 g/mol. The van der Waals surface area contributed by atoms with Gasteiger partial charge in [0.25, 0.3) is 0 Å². The highest BCUT2D eigenvalue weighted by atomic mass is 16.5. The van der Waals surface area contributed by atoms with Crippen LogP contribution in [0.4, 0.5) is 0 Å². The number of hydrogen-bond donors (Lipinski definition) is 8. The van der Waals surface area contributed by atoms with Crippen molar-refractivity contribution in [1.82, 2.24) is 26.6 Å². The lowest BCUT2D eigenvalue weighted by Gasteiger charge is -2.14. The Morgan fingerprint density at radius 1 is 0.377 bits per heavy atom. The van der Waals surface area contributed by atoms with E-state index in [1.54, 1.807) is 0 Å². The molecule has 398 valence electrons. The molecule has 8 N–H and O–H groups in total. The fourth-order valence-electron chi connectivity index (χ4n) is 6.32. The molecule has 0 aromatic heterocycles. The molecule has 23 heteroatoms. The molecule has 0 fully saturated rings. The van der Waals surface area contributed by atoms with Crippen molar-refractivity contribution in [2.24, 2.45) is 0 Å². The van der Waals surface area contributed by atoms with Gasteiger partial charge in [0.15, 0.2) is 0 Å². The predicted molar refractivity (Wildman–Crippen MR) is 249 cm³/mol. The van der Waals surface area contributed by atoms with Crippen LogP contribution >= 0.6 is 0 Å². The highest BCUT2D eigenvalue weighted by molar-refractivity contribution is 5.84. The zero-order chi connectivity index (χ0) is 51.0. The molecule has 5 amide bonds. The van der Waals surface area contributed by atoms with E-state index in [1.807, 2.05) is 0 Å². The number of carboxylic acids is 3. The molecule has 0 heterocycles. The lowest BCUT2D eigenvalue weighted by atomic mass is 10.0. The molecule has 69 heavy (non-hydrogen) atoms. The second-order valence-corrected chi connectivity index (χ2v) is 16.1. The van der Waals surface area contributed by atoms with E-state index in [9.17, 15) is 48.3 Å². The number of carbonyl (C=O) groups excluding carboxylic acids is 6. The Balaban J connectivity index is 3.64. The Kier molecular flexibility index (Phi) is 43.6. The number of nitrogens with one attached hydrogen (secondary N) is 5. The van der Waals surface area contributed by atoms with Crippen molar-refractivity contribution < 1.29 is 86.9 Å². The van der Waals surface area contributed by atoms with Crippen molar-refractivity contribution in [3.05, 3.63) is 0 Å². The summed E-state index contributed by atoms with van der Waals surface area (Å²) in [6, 6.07) is -2.06. The van der Waals surface area contributed by atoms with Gasteiger partial charge in [0.1, 0.15) is 32.1 Å². The zero-order valence-electron chi connectivity index (χ0n) is 40.4. The van der Waals surface area contributed by atoms with Crippen LogP contribution in [0, 0.1) is 0 Å². The van der Waals surface area contributed by atoms with Gasteiger partial charge in [-0.15, -0.1) is 0 Å². The number of carbonyl (C=O) groups is 9. The van der Waals surface area contributed by atoms with E-state index in [0.717, 1.165) is 44.9 Å². The van der Waals surface area contributed by atoms with Crippen LogP contribution in [-0.2, 0) is 71.6 Å². The minimum atomic E-state index is -1.20. The van der Waals surface area contributed by atoms with Gasteiger partial charge in [0, 0.05) is 45.3 Å². The predicted octanol–water partition coefficient (Wildman–Crippen LogP) is 1.66. The Labute approximate surface area is 405 Å². The number of unbranched alkanes of at least 4 members (excludes halogenated alkanes) is 13. The van der Waals surface area contributed by atoms with Crippen LogP contribution in [0.2, 0.25) is 0 Å². The van der Waals surface area contributed by atoms with Gasteiger partial charge in [-0.1, -0.05) is 77.0 Å². The summed E-state index contributed by atoms with van der Waals surface area (Å²) in [5.41, 5.74) is 0. The van der Waals surface area contributed by atoms with Crippen LogP contribution in [-0.4, -0.2) is 180 Å². The molecule has 0 unspecified atom stereocenters. The van der Waals surface area contributed by atoms with Crippen molar-refractivity contribution in [2.45, 2.75) is 141 Å². The quantitative estimate of drug-likeness (QED) is 0.0317. The smallest absolute Gasteiger partial charge is 0.326 e. The Morgan fingerprint density at radius 3 is 1.16 bits per heavy atom. The van der Waals surface area contributed by atoms with Gasteiger partial charge in [-0.2, -0.15) is 0 Å². The van der Waals surface area contributed by atoms with E-state index in [-0.39, 0.29) is 161 Å². The highest BCUT2D eigenvalue weighted by Crippen LogP contribution is 2.14. The first kappa shape index (κ1) is 64.2. The zero-order valence-corrected chi connectivity index (χ0v) is 40.4. The highest BCUT2D eigenvalue weighted by Gasteiger charge is 2.21. The average Bonchev–Trinajstić information content (AvgIpc) is 3.31. The number of ether oxygens (including phenoxy) is 6. The molecule has 0 saturated carbocycles. The van der Waals surface area contributed by atoms with Gasteiger partial charge < -0.3 is 75.1 Å². The molecule has 0 aromatic rings. The topological polar surface area (TPSA) is 330 Å². The third-order valence-electron chi connectivity index (χ3n) is 10.0. The van der Waals surface area contributed by atoms with Gasteiger partial charge in [-0.05, 0) is 25.7 Å². The van der Waals surface area contributed by atoms with Gasteiger partial charge in [0.2, 0.25) is 29.5 Å². The average molecular weight is 992 g/mol. The maximum Gasteiger partial charge on any atom is 0.326 e. The minimum absolute atomic E-state index is 0.0160. The summed E-state index contributed by atoms with van der Waals surface area (Å²) in [6.07, 6.45) is 15.5. The van der Waals surface area contributed by atoms with E-state index in [0.29, 0.717) is 12.7 Å². The molecule has 0 radical (unpaired) electrons. The van der Waals surface area contributed by atoms with Crippen LogP contribution in [0.5, 0.6) is 0 Å². The van der Waals surface area contributed by atoms with Crippen LogP contribution in [0.1, 0.15) is 128 Å². The number of amides is 5. The van der Waals surface area contributed by atoms with E-state index in [1.165, 1.54) is 38.5 Å². The number of rotatable bonds is 51. The summed E-state index contributed by atoms with van der Waals surface area (Å²) in [7, 11) is 0. The third-order valence-corrected chi connectivity index (χ3v) is 10.0. The van der Waals surface area contributed by atoms with Crippen molar-refractivity contribution in [3.63, 3.8) is 0 Å². The van der Waals surface area contributed by atoms with Crippen LogP contribution < -0.4 is 26.6 Å². The summed E-state index contributed by atoms with van der Waals surface area (Å²) in [6.45, 7) is 1.44. The van der Waals surface area contributed by atoms with Gasteiger partial charge in [-0.25, -0.2) is 4.79 Å². The summed E-state index contributed by atoms with van der Waals surface area (Å²) < 4.78 is 31.7. The second kappa shape index (κ2) is 46.9. The first-order valence-electron chi connectivity index (χ1n) is 24.3. The largest absolute Gasteiger partial charge is 0.481 e. The number of aldehydes is 1. The van der Waals surface area contributed by atoms with E-state index >= 15 is 0 Å². The molecule has 0 rings (SSSR count). The van der Waals surface area contributed by atoms with Crippen molar-refractivity contribution in [3.8, 4) is 0 Å². The summed E-state index contributed by atoms with van der Waals surface area (Å²) in [4.78, 5) is 104. The van der Waals surface area contributed by atoms with Crippen molar-refractivity contribution in [1.29, 1.82) is 0 Å². The van der Waals surface area contributed by atoms with E-state index in [4.69, 9.17) is 38.6 Å². The molecule has 0 aromatic carbocycles. The lowest BCUT2D eigenvalue weighted by Crippen LogP contribution is -2.41. The maximum atomic E-state index is 12.3. The third kappa shape index (κ3) is 46.7. The summed E-state index contributed by atoms with van der Waals surface area (Å²) in [5, 5.41) is 39.6. The first-order chi connectivity index (χ1) is 33.3. The lowest BCUT2D eigenvalue weighted by molar-refractivity contribution is -0.142. The fourth-order valence-corrected chi connectivity index (χ4v) is 6.32. The van der Waals surface area contributed by atoms with Crippen molar-refractivity contribution >= 4 is 53.7 Å². The van der Waals surface area contributed by atoms with Crippen LogP contribution in [0.25, 0.3) is 0 Å². The normalized spacial score (nSPS) is 11.8. The fraction of sp³-hybridized carbons (Fsp3) is 0.804. The molecule has 0 aliphatic heterocycles. The van der Waals surface area contributed by atoms with Gasteiger partial charge in [-0.3, -0.25) is 33.6 Å². The molecule has 0 aliphatic rings. The van der Waals surface area contributed by atoms with E-state index in [2.05, 4.69) is 26.6 Å². The summed E-state index contributed by atoms with van der Waals surface area (Å²) >= 11 is 0. The second-order valence-electron chi connectivity index (χ2n) is 16.1. The standard InChI is InChI=1S/C46H81N5O18/c52-33-37(17-20-45(60)61)50-43(57)36-69-32-29-66-26-23-49-42(56)35-68-31-28-65-25-22-48-41(55)34-67-30-27-64-24-21-47-39(53)19-18-38(46(62)63)51-40(54)15-13-11-9-7-5-3-1-2-4-6-8-10-12-14-16-44(58)59/h33,37-38H,1-32,34-36H2,(H,47,53)(H,48,55)(H,49,56)(H,50,57)(H,51,54)(H,58,59)(H,60,61)(H,62,63)/t37-,38-/m0/s1. The monoisotopic (exact) mass is 992 g/mol. The molecular formula is C46H81N5O18. The molecule has 2 atom stereocenters. The number of hydrogen-bond acceptors (Lipinski definition) is 15. The number of carboxylic acid groups (broad SMARTS) is 3. The Morgan fingerprint density at radius 2 is 0.754 bits per heavy atom. The van der Waals surface area contributed by atoms with Gasteiger partial charge in [0.05, 0.1) is 65.5 Å². The summed E-state index contributed by atoms with van der Waals surface area (Å²) in [5.74, 6) is -4.97.